The topological polar surface area (TPSA) is 75.2 Å². The van der Waals surface area contributed by atoms with Crippen molar-refractivity contribution in [3.05, 3.63) is 17.8 Å². The van der Waals surface area contributed by atoms with Crippen molar-refractivity contribution >= 4 is 11.5 Å². The predicted octanol–water partition coefficient (Wildman–Crippen LogP) is 1.79. The van der Waals surface area contributed by atoms with Crippen LogP contribution in [0.1, 0.15) is 25.8 Å². The first kappa shape index (κ1) is 14.3. The molecule has 5 nitrogen and oxygen atoms in total. The van der Waals surface area contributed by atoms with Crippen LogP contribution in [0.3, 0.4) is 0 Å². The highest BCUT2D eigenvalue weighted by molar-refractivity contribution is 5.59. The number of nitrogens with zero attached hydrogens (tertiary/aromatic N) is 3. The number of methoxy groups -OCH3 is 1. The monoisotopic (exact) mass is 248 g/mol. The SMILES string of the molecule is CCC(C)N(CCOC)c1ncc(N)cc1C#N. The van der Waals surface area contributed by atoms with E-state index in [9.17, 15) is 0 Å². The van der Waals surface area contributed by atoms with Crippen molar-refractivity contribution in [2.45, 2.75) is 26.3 Å². The van der Waals surface area contributed by atoms with Crippen LogP contribution in [0.2, 0.25) is 0 Å². The quantitative estimate of drug-likeness (QED) is 0.830. The Morgan fingerprint density at radius 3 is 2.89 bits per heavy atom. The maximum absolute atomic E-state index is 9.17. The highest BCUT2D eigenvalue weighted by Crippen LogP contribution is 2.22. The Kier molecular flexibility index (Phi) is 5.40. The van der Waals surface area contributed by atoms with Crippen molar-refractivity contribution in [2.24, 2.45) is 0 Å². The summed E-state index contributed by atoms with van der Waals surface area (Å²) in [4.78, 5) is 6.38. The normalized spacial score (nSPS) is 11.9. The summed E-state index contributed by atoms with van der Waals surface area (Å²) in [6.45, 7) is 5.51. The lowest BCUT2D eigenvalue weighted by Gasteiger charge is -2.30. The van der Waals surface area contributed by atoms with E-state index >= 15 is 0 Å². The van der Waals surface area contributed by atoms with Crippen LogP contribution in [-0.4, -0.2) is 31.3 Å². The van der Waals surface area contributed by atoms with E-state index in [-0.39, 0.29) is 0 Å². The Balaban J connectivity index is 3.08. The summed E-state index contributed by atoms with van der Waals surface area (Å²) in [6.07, 6.45) is 2.55. The standard InChI is InChI=1S/C13H20N4O/c1-4-10(2)17(5-6-18-3)13-11(8-14)7-12(15)9-16-13/h7,9-10H,4-6,15H2,1-3H3. The molecule has 1 aromatic heterocycles. The Labute approximate surface area is 108 Å². The lowest BCUT2D eigenvalue weighted by atomic mass is 10.1. The minimum atomic E-state index is 0.295. The van der Waals surface area contributed by atoms with E-state index in [1.807, 2.05) is 0 Å². The van der Waals surface area contributed by atoms with Gasteiger partial charge in [0.25, 0.3) is 0 Å². The molecule has 0 saturated carbocycles. The number of nitrogen functional groups attached to an aromatic ring is 1. The molecule has 1 rings (SSSR count). The molecule has 0 amide bonds. The van der Waals surface area contributed by atoms with Crippen LogP contribution in [0.25, 0.3) is 0 Å². The zero-order chi connectivity index (χ0) is 13.5. The highest BCUT2D eigenvalue weighted by atomic mass is 16.5. The molecular weight excluding hydrogens is 228 g/mol. The molecule has 2 N–H and O–H groups in total. The lowest BCUT2D eigenvalue weighted by Crippen LogP contribution is -2.36. The number of anilines is 2. The molecule has 1 heterocycles. The Morgan fingerprint density at radius 2 is 2.33 bits per heavy atom. The molecule has 0 aliphatic heterocycles. The van der Waals surface area contributed by atoms with Crippen LogP contribution >= 0.6 is 0 Å². The van der Waals surface area contributed by atoms with Crippen LogP contribution < -0.4 is 10.6 Å². The van der Waals surface area contributed by atoms with Crippen LogP contribution in [0.15, 0.2) is 12.3 Å². The fraction of sp³-hybridized carbons (Fsp3) is 0.538. The zero-order valence-electron chi connectivity index (χ0n) is 11.2. The fourth-order valence-electron chi connectivity index (χ4n) is 1.73. The van der Waals surface area contributed by atoms with Crippen molar-refractivity contribution in [2.75, 3.05) is 30.9 Å². The van der Waals surface area contributed by atoms with Crippen molar-refractivity contribution in [3.8, 4) is 6.07 Å². The molecule has 0 fully saturated rings. The van der Waals surface area contributed by atoms with Gasteiger partial charge in [-0.05, 0) is 19.4 Å². The van der Waals surface area contributed by atoms with Crippen LogP contribution in [0, 0.1) is 11.3 Å². The second-order valence-electron chi connectivity index (χ2n) is 4.20. The van der Waals surface area contributed by atoms with E-state index in [0.717, 1.165) is 6.42 Å². The molecule has 1 atom stereocenters. The third-order valence-corrected chi connectivity index (χ3v) is 2.94. The van der Waals surface area contributed by atoms with Gasteiger partial charge in [-0.15, -0.1) is 0 Å². The molecule has 5 heteroatoms. The molecule has 0 radical (unpaired) electrons. The molecule has 1 aromatic rings. The van der Waals surface area contributed by atoms with Crippen LogP contribution in [-0.2, 0) is 4.74 Å². The fourth-order valence-corrected chi connectivity index (χ4v) is 1.73. The first-order valence-corrected chi connectivity index (χ1v) is 6.05. The van der Waals surface area contributed by atoms with E-state index in [4.69, 9.17) is 15.7 Å². The summed E-state index contributed by atoms with van der Waals surface area (Å²) in [5.74, 6) is 0.679. The third-order valence-electron chi connectivity index (χ3n) is 2.94. The van der Waals surface area contributed by atoms with E-state index in [1.54, 1.807) is 19.4 Å². The molecule has 0 spiro atoms. The zero-order valence-corrected chi connectivity index (χ0v) is 11.2. The maximum atomic E-state index is 9.17. The van der Waals surface area contributed by atoms with E-state index in [0.29, 0.717) is 36.3 Å². The summed E-state index contributed by atoms with van der Waals surface area (Å²) >= 11 is 0. The van der Waals surface area contributed by atoms with E-state index < -0.39 is 0 Å². The number of pyridine rings is 1. The number of nitriles is 1. The molecule has 0 saturated heterocycles. The van der Waals surface area contributed by atoms with Crippen molar-refractivity contribution < 1.29 is 4.74 Å². The van der Waals surface area contributed by atoms with Crippen LogP contribution in [0.4, 0.5) is 11.5 Å². The van der Waals surface area contributed by atoms with Gasteiger partial charge >= 0.3 is 0 Å². The summed E-state index contributed by atoms with van der Waals surface area (Å²) in [5.41, 5.74) is 6.67. The molecule has 1 unspecified atom stereocenters. The minimum Gasteiger partial charge on any atom is -0.397 e. The summed E-state index contributed by atoms with van der Waals surface area (Å²) < 4.78 is 5.11. The second-order valence-corrected chi connectivity index (χ2v) is 4.20. The number of nitrogens with two attached hydrogens (primary N) is 1. The van der Waals surface area contributed by atoms with Gasteiger partial charge < -0.3 is 15.4 Å². The smallest absolute Gasteiger partial charge is 0.146 e. The van der Waals surface area contributed by atoms with Gasteiger partial charge in [-0.2, -0.15) is 5.26 Å². The molecule has 0 aliphatic carbocycles. The lowest BCUT2D eigenvalue weighted by molar-refractivity contribution is 0.203. The molecule has 98 valence electrons. The van der Waals surface area contributed by atoms with Gasteiger partial charge in [0.15, 0.2) is 0 Å². The minimum absolute atomic E-state index is 0.295. The maximum Gasteiger partial charge on any atom is 0.146 e. The Hall–Kier alpha value is -1.80. The average Bonchev–Trinajstić information content (AvgIpc) is 2.39. The van der Waals surface area contributed by atoms with Gasteiger partial charge in [0.2, 0.25) is 0 Å². The summed E-state index contributed by atoms with van der Waals surface area (Å²) in [5, 5.41) is 9.17. The number of ether oxygens (including phenoxy) is 1. The summed E-state index contributed by atoms with van der Waals surface area (Å²) in [6, 6.07) is 4.10. The van der Waals surface area contributed by atoms with Gasteiger partial charge in [0.05, 0.1) is 24.1 Å². The number of aromatic nitrogens is 1. The van der Waals surface area contributed by atoms with Gasteiger partial charge in [-0.3, -0.25) is 0 Å². The van der Waals surface area contributed by atoms with Crippen molar-refractivity contribution in [1.82, 2.24) is 4.98 Å². The molecule has 0 aromatic carbocycles. The van der Waals surface area contributed by atoms with Gasteiger partial charge in [0.1, 0.15) is 11.9 Å². The molecule has 0 aliphatic rings. The molecule has 18 heavy (non-hydrogen) atoms. The summed E-state index contributed by atoms with van der Waals surface area (Å²) in [7, 11) is 1.66. The number of hydrogen-bond acceptors (Lipinski definition) is 5. The first-order valence-electron chi connectivity index (χ1n) is 6.05. The third kappa shape index (κ3) is 3.34. The highest BCUT2D eigenvalue weighted by Gasteiger charge is 2.17. The largest absolute Gasteiger partial charge is 0.397 e. The van der Waals surface area contributed by atoms with Gasteiger partial charge in [-0.25, -0.2) is 4.98 Å². The van der Waals surface area contributed by atoms with Crippen LogP contribution in [0.5, 0.6) is 0 Å². The number of hydrogen-bond donors (Lipinski definition) is 1. The second kappa shape index (κ2) is 6.82. The molecular formula is C13H20N4O. The van der Waals surface area contributed by atoms with E-state index in [2.05, 4.69) is 29.8 Å². The van der Waals surface area contributed by atoms with Gasteiger partial charge in [-0.1, -0.05) is 6.92 Å². The van der Waals surface area contributed by atoms with E-state index in [1.165, 1.54) is 0 Å². The number of rotatable bonds is 6. The predicted molar refractivity (Wildman–Crippen MR) is 72.3 cm³/mol. The Morgan fingerprint density at radius 1 is 1.61 bits per heavy atom. The Bertz CT molecular complexity index is 427. The van der Waals surface area contributed by atoms with Crippen molar-refractivity contribution in [1.29, 1.82) is 5.26 Å². The molecule has 0 bridgehead atoms. The first-order chi connectivity index (χ1) is 8.63. The average molecular weight is 248 g/mol. The van der Waals surface area contributed by atoms with Gasteiger partial charge in [0, 0.05) is 19.7 Å². The van der Waals surface area contributed by atoms with Crippen molar-refractivity contribution in [3.63, 3.8) is 0 Å².